The average molecular weight is 370 g/mol. The Bertz CT molecular complexity index is 265. The minimum Gasteiger partial charge on any atom is -0.364 e. The molecule has 0 aromatic heterocycles. The van der Waals surface area contributed by atoms with Crippen molar-refractivity contribution in [2.75, 3.05) is 6.61 Å². The summed E-state index contributed by atoms with van der Waals surface area (Å²) in [6.07, 6.45) is 21.3. The van der Waals surface area contributed by atoms with Crippen molar-refractivity contribution in [2.24, 2.45) is 17.6 Å². The molecule has 1 unspecified atom stereocenters. The van der Waals surface area contributed by atoms with Crippen LogP contribution in [0.5, 0.6) is 0 Å². The summed E-state index contributed by atoms with van der Waals surface area (Å²) in [6, 6.07) is 0. The number of nitrogens with two attached hydrogens (primary N) is 1. The molecule has 0 saturated heterocycles. The highest BCUT2D eigenvalue weighted by molar-refractivity contribution is 4.53. The lowest BCUT2D eigenvalue weighted by Gasteiger charge is -2.13. The van der Waals surface area contributed by atoms with Crippen LogP contribution in [0, 0.1) is 11.8 Å². The summed E-state index contributed by atoms with van der Waals surface area (Å²) in [5.41, 5.74) is 6.07. The lowest BCUT2D eigenvalue weighted by molar-refractivity contribution is 0.0475. The Morgan fingerprint density at radius 2 is 0.846 bits per heavy atom. The van der Waals surface area contributed by atoms with E-state index in [1.807, 2.05) is 0 Å². The van der Waals surface area contributed by atoms with E-state index < -0.39 is 0 Å². The summed E-state index contributed by atoms with van der Waals surface area (Å²) in [7, 11) is 0. The minimum absolute atomic E-state index is 0.0352. The molecule has 0 heterocycles. The van der Waals surface area contributed by atoms with Crippen molar-refractivity contribution in [1.29, 1.82) is 0 Å². The number of unbranched alkanes of at least 4 members (excludes halogenated alkanes) is 11. The molecule has 0 aromatic carbocycles. The Balaban J connectivity index is 3.16. The summed E-state index contributed by atoms with van der Waals surface area (Å²) in [6.45, 7) is 10.1. The molecule has 0 rings (SSSR count). The number of ether oxygens (including phenoxy) is 1. The summed E-state index contributed by atoms with van der Waals surface area (Å²) >= 11 is 0. The van der Waals surface area contributed by atoms with Gasteiger partial charge in [-0.05, 0) is 31.1 Å². The Morgan fingerprint density at radius 3 is 1.27 bits per heavy atom. The molecule has 2 N–H and O–H groups in total. The molecule has 0 spiro atoms. The van der Waals surface area contributed by atoms with Crippen LogP contribution >= 0.6 is 0 Å². The predicted molar refractivity (Wildman–Crippen MR) is 117 cm³/mol. The van der Waals surface area contributed by atoms with Crippen LogP contribution in [-0.4, -0.2) is 12.8 Å². The molecule has 2 nitrogen and oxygen atoms in total. The maximum atomic E-state index is 6.07. The third-order valence-corrected chi connectivity index (χ3v) is 5.28. The van der Waals surface area contributed by atoms with Crippen LogP contribution in [0.25, 0.3) is 0 Å². The molecule has 0 aliphatic carbocycles. The van der Waals surface area contributed by atoms with Gasteiger partial charge in [-0.1, -0.05) is 111 Å². The van der Waals surface area contributed by atoms with Crippen molar-refractivity contribution >= 4 is 0 Å². The van der Waals surface area contributed by atoms with Crippen molar-refractivity contribution in [3.05, 3.63) is 0 Å². The van der Waals surface area contributed by atoms with Gasteiger partial charge in [0.25, 0.3) is 0 Å². The number of hydrogen-bond donors (Lipinski definition) is 1. The molecule has 0 aromatic rings. The predicted octanol–water partition coefficient (Wildman–Crippen LogP) is 7.84. The Hall–Kier alpha value is -0.0800. The molecular weight excluding hydrogens is 318 g/mol. The zero-order valence-corrected chi connectivity index (χ0v) is 18.7. The molecule has 0 aliphatic heterocycles. The van der Waals surface area contributed by atoms with E-state index in [1.165, 1.54) is 96.3 Å². The maximum absolute atomic E-state index is 6.07. The van der Waals surface area contributed by atoms with Gasteiger partial charge in [0.05, 0.1) is 0 Å². The van der Waals surface area contributed by atoms with Gasteiger partial charge >= 0.3 is 0 Å². The average Bonchev–Trinajstić information content (AvgIpc) is 2.58. The topological polar surface area (TPSA) is 35.2 Å². The van der Waals surface area contributed by atoms with E-state index in [-0.39, 0.29) is 6.23 Å². The van der Waals surface area contributed by atoms with Gasteiger partial charge in [0.1, 0.15) is 6.23 Å². The summed E-state index contributed by atoms with van der Waals surface area (Å²) < 4.78 is 5.76. The standard InChI is InChI=1S/C24H51NO/c1-22(2)18-14-10-6-5-9-13-17-21-26-24(25)20-16-12-8-7-11-15-19-23(3)4/h22-24H,5-21,25H2,1-4H3. The van der Waals surface area contributed by atoms with Crippen LogP contribution in [0.1, 0.15) is 130 Å². The van der Waals surface area contributed by atoms with E-state index in [0.717, 1.165) is 24.9 Å². The van der Waals surface area contributed by atoms with E-state index >= 15 is 0 Å². The number of rotatable bonds is 20. The zero-order valence-electron chi connectivity index (χ0n) is 18.7. The molecule has 2 heteroatoms. The monoisotopic (exact) mass is 369 g/mol. The van der Waals surface area contributed by atoms with Crippen molar-refractivity contribution in [1.82, 2.24) is 0 Å². The van der Waals surface area contributed by atoms with Crippen LogP contribution < -0.4 is 5.73 Å². The molecule has 1 atom stereocenters. The largest absolute Gasteiger partial charge is 0.364 e. The Labute approximate surface area is 166 Å². The summed E-state index contributed by atoms with van der Waals surface area (Å²) in [5.74, 6) is 1.73. The first-order valence-electron chi connectivity index (χ1n) is 11.9. The lowest BCUT2D eigenvalue weighted by Crippen LogP contribution is -2.24. The van der Waals surface area contributed by atoms with Crippen molar-refractivity contribution in [3.63, 3.8) is 0 Å². The fourth-order valence-corrected chi connectivity index (χ4v) is 3.46. The first-order valence-corrected chi connectivity index (χ1v) is 11.9. The van der Waals surface area contributed by atoms with Crippen molar-refractivity contribution < 1.29 is 4.74 Å². The zero-order chi connectivity index (χ0) is 19.5. The maximum Gasteiger partial charge on any atom is 0.105 e. The van der Waals surface area contributed by atoms with E-state index in [1.54, 1.807) is 0 Å². The van der Waals surface area contributed by atoms with E-state index in [4.69, 9.17) is 10.5 Å². The highest BCUT2D eigenvalue weighted by atomic mass is 16.5. The highest BCUT2D eigenvalue weighted by Crippen LogP contribution is 2.14. The van der Waals surface area contributed by atoms with E-state index in [9.17, 15) is 0 Å². The van der Waals surface area contributed by atoms with Gasteiger partial charge in [0.2, 0.25) is 0 Å². The SMILES string of the molecule is CC(C)CCCCCCCCCOC(N)CCCCCCCCC(C)C. The second kappa shape index (κ2) is 19.7. The second-order valence-electron chi connectivity index (χ2n) is 9.16. The molecule has 0 bridgehead atoms. The highest BCUT2D eigenvalue weighted by Gasteiger charge is 2.02. The van der Waals surface area contributed by atoms with Crippen LogP contribution in [-0.2, 0) is 4.74 Å². The lowest BCUT2D eigenvalue weighted by atomic mass is 10.0. The van der Waals surface area contributed by atoms with Gasteiger partial charge in [-0.3, -0.25) is 0 Å². The van der Waals surface area contributed by atoms with Crippen LogP contribution in [0.2, 0.25) is 0 Å². The van der Waals surface area contributed by atoms with Crippen LogP contribution in [0.4, 0.5) is 0 Å². The molecule has 0 amide bonds. The Morgan fingerprint density at radius 1 is 0.500 bits per heavy atom. The quantitative estimate of drug-likeness (QED) is 0.175. The molecule has 0 saturated carbocycles. The van der Waals surface area contributed by atoms with Crippen molar-refractivity contribution in [2.45, 2.75) is 137 Å². The minimum atomic E-state index is -0.0352. The van der Waals surface area contributed by atoms with Gasteiger partial charge in [-0.2, -0.15) is 0 Å². The third-order valence-electron chi connectivity index (χ3n) is 5.28. The van der Waals surface area contributed by atoms with Gasteiger partial charge in [0.15, 0.2) is 0 Å². The van der Waals surface area contributed by atoms with E-state index in [0.29, 0.717) is 0 Å². The Kier molecular flexibility index (Phi) is 19.6. The normalized spacial score (nSPS) is 13.0. The molecule has 0 fully saturated rings. The van der Waals surface area contributed by atoms with Crippen molar-refractivity contribution in [3.8, 4) is 0 Å². The molecule has 0 radical (unpaired) electrons. The molecular formula is C24H51NO. The fraction of sp³-hybridized carbons (Fsp3) is 1.00. The second-order valence-corrected chi connectivity index (χ2v) is 9.16. The van der Waals surface area contributed by atoms with Gasteiger partial charge in [-0.25, -0.2) is 0 Å². The van der Waals surface area contributed by atoms with Gasteiger partial charge < -0.3 is 10.5 Å². The van der Waals surface area contributed by atoms with Crippen LogP contribution in [0.3, 0.4) is 0 Å². The van der Waals surface area contributed by atoms with Crippen LogP contribution in [0.15, 0.2) is 0 Å². The summed E-state index contributed by atoms with van der Waals surface area (Å²) in [4.78, 5) is 0. The fourth-order valence-electron chi connectivity index (χ4n) is 3.46. The smallest absolute Gasteiger partial charge is 0.105 e. The molecule has 158 valence electrons. The van der Waals surface area contributed by atoms with Gasteiger partial charge in [-0.15, -0.1) is 0 Å². The third kappa shape index (κ3) is 22.0. The molecule has 26 heavy (non-hydrogen) atoms. The first kappa shape index (κ1) is 25.9. The first-order chi connectivity index (χ1) is 12.5. The molecule has 0 aliphatic rings. The summed E-state index contributed by atoms with van der Waals surface area (Å²) in [5, 5.41) is 0. The van der Waals surface area contributed by atoms with Gasteiger partial charge in [0, 0.05) is 6.61 Å². The number of hydrogen-bond acceptors (Lipinski definition) is 2. The van der Waals surface area contributed by atoms with E-state index in [2.05, 4.69) is 27.7 Å².